The normalized spacial score (nSPS) is 23.9. The van der Waals surface area contributed by atoms with Crippen LogP contribution in [0.25, 0.3) is 0 Å². The van der Waals surface area contributed by atoms with Crippen LogP contribution in [-0.2, 0) is 0 Å². The molecule has 1 heterocycles. The van der Waals surface area contributed by atoms with E-state index < -0.39 is 0 Å². The van der Waals surface area contributed by atoms with Crippen molar-refractivity contribution in [2.24, 2.45) is 5.73 Å². The Morgan fingerprint density at radius 1 is 1.50 bits per heavy atom. The number of rotatable bonds is 0. The lowest BCUT2D eigenvalue weighted by molar-refractivity contribution is 0.0717. The van der Waals surface area contributed by atoms with E-state index in [1.165, 1.54) is 0 Å². The maximum atomic E-state index is 6.11. The molecule has 1 aromatic carbocycles. The Balaban J connectivity index is 2.51. The predicted octanol–water partition coefficient (Wildman–Crippen LogP) is 2.85. The molecule has 0 aliphatic carbocycles. The van der Waals surface area contributed by atoms with Gasteiger partial charge in [-0.15, -0.1) is 0 Å². The first kappa shape index (κ1) is 10.2. The van der Waals surface area contributed by atoms with Crippen molar-refractivity contribution in [3.8, 4) is 5.75 Å². The number of nitrogens with two attached hydrogens (primary N) is 1. The van der Waals surface area contributed by atoms with E-state index in [0.29, 0.717) is 0 Å². The maximum absolute atomic E-state index is 6.11. The number of para-hydroxylation sites is 1. The minimum atomic E-state index is -0.145. The molecule has 0 radical (unpaired) electrons. The number of ether oxygens (including phenoxy) is 1. The summed E-state index contributed by atoms with van der Waals surface area (Å²) in [7, 11) is 0. The lowest BCUT2D eigenvalue weighted by atomic mass is 9.90. The second-order valence-corrected chi connectivity index (χ2v) is 5.49. The van der Waals surface area contributed by atoms with Gasteiger partial charge in [0, 0.05) is 18.0 Å². The Bertz CT molecular complexity index is 362. The molecule has 0 amide bonds. The molecule has 1 atom stereocenters. The highest BCUT2D eigenvalue weighted by atomic mass is 127. The molecular weight excluding hydrogens is 289 g/mol. The van der Waals surface area contributed by atoms with Crippen molar-refractivity contribution in [1.82, 2.24) is 0 Å². The summed E-state index contributed by atoms with van der Waals surface area (Å²) in [6.45, 7) is 4.16. The van der Waals surface area contributed by atoms with Gasteiger partial charge in [-0.3, -0.25) is 0 Å². The van der Waals surface area contributed by atoms with Crippen molar-refractivity contribution in [1.29, 1.82) is 0 Å². The zero-order valence-electron chi connectivity index (χ0n) is 8.38. The second-order valence-electron chi connectivity index (χ2n) is 4.33. The molecule has 0 aromatic heterocycles. The summed E-state index contributed by atoms with van der Waals surface area (Å²) in [6.07, 6.45) is 0.875. The van der Waals surface area contributed by atoms with Crippen LogP contribution in [0.1, 0.15) is 31.9 Å². The molecule has 1 aromatic rings. The van der Waals surface area contributed by atoms with Crippen molar-refractivity contribution in [3.05, 3.63) is 27.3 Å². The van der Waals surface area contributed by atoms with Gasteiger partial charge in [0.15, 0.2) is 0 Å². The first-order valence-corrected chi connectivity index (χ1v) is 5.80. The van der Waals surface area contributed by atoms with Crippen LogP contribution in [0.4, 0.5) is 0 Å². The summed E-state index contributed by atoms with van der Waals surface area (Å²) in [6, 6.07) is 6.23. The van der Waals surface area contributed by atoms with Gasteiger partial charge in [0.25, 0.3) is 0 Å². The highest BCUT2D eigenvalue weighted by Crippen LogP contribution is 2.40. The first-order valence-electron chi connectivity index (χ1n) is 4.73. The maximum Gasteiger partial charge on any atom is 0.138 e. The van der Waals surface area contributed by atoms with Gasteiger partial charge in [0.2, 0.25) is 0 Å². The van der Waals surface area contributed by atoms with Gasteiger partial charge in [-0.05, 0) is 42.5 Å². The fourth-order valence-corrected chi connectivity index (χ4v) is 2.51. The zero-order valence-corrected chi connectivity index (χ0v) is 10.5. The van der Waals surface area contributed by atoms with Gasteiger partial charge in [-0.1, -0.05) is 12.1 Å². The summed E-state index contributed by atoms with van der Waals surface area (Å²) in [5, 5.41) is 0. The Kier molecular flexibility index (Phi) is 2.47. The second kappa shape index (κ2) is 3.38. The molecule has 1 aliphatic heterocycles. The Hall–Kier alpha value is -0.290. The van der Waals surface area contributed by atoms with E-state index in [4.69, 9.17) is 10.5 Å². The molecule has 2 rings (SSSR count). The third-order valence-electron chi connectivity index (χ3n) is 2.49. The van der Waals surface area contributed by atoms with E-state index >= 15 is 0 Å². The van der Waals surface area contributed by atoms with Crippen LogP contribution >= 0.6 is 22.6 Å². The molecule has 14 heavy (non-hydrogen) atoms. The minimum absolute atomic E-state index is 0.100. The number of benzene rings is 1. The number of fused-ring (bicyclic) bond motifs is 1. The number of hydrogen-bond acceptors (Lipinski definition) is 2. The summed E-state index contributed by atoms with van der Waals surface area (Å²) in [4.78, 5) is 0. The molecule has 2 nitrogen and oxygen atoms in total. The summed E-state index contributed by atoms with van der Waals surface area (Å²) >= 11 is 2.29. The van der Waals surface area contributed by atoms with E-state index in [9.17, 15) is 0 Å². The van der Waals surface area contributed by atoms with Gasteiger partial charge in [0.1, 0.15) is 11.4 Å². The first-order chi connectivity index (χ1) is 6.49. The lowest BCUT2D eigenvalue weighted by Crippen LogP contribution is -2.37. The minimum Gasteiger partial charge on any atom is -0.486 e. The van der Waals surface area contributed by atoms with Crippen LogP contribution in [-0.4, -0.2) is 5.60 Å². The Labute approximate surface area is 98.0 Å². The molecule has 2 N–H and O–H groups in total. The highest BCUT2D eigenvalue weighted by molar-refractivity contribution is 14.1. The largest absolute Gasteiger partial charge is 0.486 e. The van der Waals surface area contributed by atoms with E-state index in [0.717, 1.165) is 21.3 Å². The van der Waals surface area contributed by atoms with Crippen molar-refractivity contribution < 1.29 is 4.74 Å². The predicted molar refractivity (Wildman–Crippen MR) is 65.4 cm³/mol. The summed E-state index contributed by atoms with van der Waals surface area (Å²) < 4.78 is 7.07. The quantitative estimate of drug-likeness (QED) is 0.748. The van der Waals surface area contributed by atoms with Crippen LogP contribution < -0.4 is 10.5 Å². The molecule has 1 aliphatic rings. The van der Waals surface area contributed by atoms with Crippen LogP contribution in [0.15, 0.2) is 18.2 Å². The molecule has 0 bridgehead atoms. The smallest absolute Gasteiger partial charge is 0.138 e. The summed E-state index contributed by atoms with van der Waals surface area (Å²) in [5.74, 6) is 0.969. The molecule has 3 heteroatoms. The van der Waals surface area contributed by atoms with Crippen molar-refractivity contribution in [3.63, 3.8) is 0 Å². The van der Waals surface area contributed by atoms with Gasteiger partial charge in [0.05, 0.1) is 3.57 Å². The van der Waals surface area contributed by atoms with Crippen LogP contribution in [0.3, 0.4) is 0 Å². The SMILES string of the molecule is CC1(C)C[C@H](N)c2cccc(I)c2O1. The molecular formula is C11H14INO. The van der Waals surface area contributed by atoms with Gasteiger partial charge in [-0.25, -0.2) is 0 Å². The van der Waals surface area contributed by atoms with Gasteiger partial charge < -0.3 is 10.5 Å². The topological polar surface area (TPSA) is 35.2 Å². The standard InChI is InChI=1S/C11H14INO/c1-11(2)6-9(13)7-4-3-5-8(12)10(7)14-11/h3-5,9H,6,13H2,1-2H3/t9-/m0/s1. The molecule has 0 fully saturated rings. The highest BCUT2D eigenvalue weighted by Gasteiger charge is 2.32. The van der Waals surface area contributed by atoms with Crippen LogP contribution in [0.5, 0.6) is 5.75 Å². The van der Waals surface area contributed by atoms with E-state index in [-0.39, 0.29) is 11.6 Å². The van der Waals surface area contributed by atoms with Gasteiger partial charge in [-0.2, -0.15) is 0 Å². The zero-order chi connectivity index (χ0) is 10.3. The van der Waals surface area contributed by atoms with E-state index in [1.807, 2.05) is 12.1 Å². The molecule has 0 saturated carbocycles. The van der Waals surface area contributed by atoms with E-state index in [1.54, 1.807) is 0 Å². The fourth-order valence-electron chi connectivity index (χ4n) is 1.88. The Morgan fingerprint density at radius 3 is 2.93 bits per heavy atom. The lowest BCUT2D eigenvalue weighted by Gasteiger charge is -2.36. The van der Waals surface area contributed by atoms with Crippen LogP contribution in [0.2, 0.25) is 0 Å². The summed E-state index contributed by atoms with van der Waals surface area (Å²) in [5.41, 5.74) is 7.10. The van der Waals surface area contributed by atoms with Crippen molar-refractivity contribution in [2.45, 2.75) is 31.9 Å². The molecule has 0 spiro atoms. The van der Waals surface area contributed by atoms with Crippen molar-refractivity contribution in [2.75, 3.05) is 0 Å². The third-order valence-corrected chi connectivity index (χ3v) is 3.34. The average Bonchev–Trinajstić information content (AvgIpc) is 2.05. The monoisotopic (exact) mass is 303 g/mol. The molecule has 76 valence electrons. The third kappa shape index (κ3) is 1.75. The molecule has 0 saturated heterocycles. The van der Waals surface area contributed by atoms with Crippen molar-refractivity contribution >= 4 is 22.6 Å². The number of hydrogen-bond donors (Lipinski definition) is 1. The van der Waals surface area contributed by atoms with E-state index in [2.05, 4.69) is 42.5 Å². The fraction of sp³-hybridized carbons (Fsp3) is 0.455. The average molecular weight is 303 g/mol. The molecule has 0 unspecified atom stereocenters. The van der Waals surface area contributed by atoms with Crippen LogP contribution in [0, 0.1) is 3.57 Å². The Morgan fingerprint density at radius 2 is 2.21 bits per heavy atom. The van der Waals surface area contributed by atoms with Gasteiger partial charge >= 0.3 is 0 Å². The number of halogens is 1.